The summed E-state index contributed by atoms with van der Waals surface area (Å²) in [5.41, 5.74) is 0.572. The molecule has 5 heteroatoms. The van der Waals surface area contributed by atoms with Gasteiger partial charge in [-0.2, -0.15) is 13.2 Å². The van der Waals surface area contributed by atoms with Crippen LogP contribution in [0.15, 0.2) is 48.5 Å². The maximum atomic E-state index is 13.5. The first-order chi connectivity index (χ1) is 9.88. The fraction of sp³-hybridized carbons (Fsp3) is 0.250. The van der Waals surface area contributed by atoms with Gasteiger partial charge in [0.05, 0.1) is 5.56 Å². The second-order valence-electron chi connectivity index (χ2n) is 4.81. The lowest BCUT2D eigenvalue weighted by atomic mass is 10.1. The van der Waals surface area contributed by atoms with Gasteiger partial charge in [-0.3, -0.25) is 0 Å². The molecular weight excluding hydrogens is 282 g/mol. The molecule has 0 saturated heterocycles. The third kappa shape index (κ3) is 4.04. The Kier molecular flexibility index (Phi) is 4.63. The number of halogens is 4. The fourth-order valence-electron chi connectivity index (χ4n) is 1.98. The van der Waals surface area contributed by atoms with Gasteiger partial charge in [-0.05, 0) is 30.7 Å². The van der Waals surface area contributed by atoms with E-state index in [0.29, 0.717) is 12.1 Å². The van der Waals surface area contributed by atoms with Gasteiger partial charge in [0, 0.05) is 18.2 Å². The molecule has 0 amide bonds. The average Bonchev–Trinajstić information content (AvgIpc) is 2.45. The van der Waals surface area contributed by atoms with Gasteiger partial charge in [0.2, 0.25) is 0 Å². The van der Waals surface area contributed by atoms with Crippen molar-refractivity contribution in [1.82, 2.24) is 5.32 Å². The molecule has 0 aliphatic rings. The Balaban J connectivity index is 2.01. The summed E-state index contributed by atoms with van der Waals surface area (Å²) in [4.78, 5) is 0. The van der Waals surface area contributed by atoms with Crippen LogP contribution in [-0.2, 0) is 12.7 Å². The molecular formula is C16H15F4N. The molecule has 2 aromatic rings. The molecule has 112 valence electrons. The molecule has 0 aliphatic carbocycles. The number of hydrogen-bond acceptors (Lipinski definition) is 1. The van der Waals surface area contributed by atoms with Crippen LogP contribution in [0.3, 0.4) is 0 Å². The van der Waals surface area contributed by atoms with Crippen LogP contribution < -0.4 is 5.32 Å². The Morgan fingerprint density at radius 3 is 2.19 bits per heavy atom. The van der Waals surface area contributed by atoms with E-state index in [1.54, 1.807) is 18.2 Å². The predicted octanol–water partition coefficient (Wildman–Crippen LogP) is 4.70. The van der Waals surface area contributed by atoms with Crippen LogP contribution in [0.1, 0.15) is 29.7 Å². The van der Waals surface area contributed by atoms with Gasteiger partial charge in [-0.25, -0.2) is 4.39 Å². The van der Waals surface area contributed by atoms with Crippen LogP contribution in [0.4, 0.5) is 17.6 Å². The molecule has 2 rings (SSSR count). The summed E-state index contributed by atoms with van der Waals surface area (Å²) in [5.74, 6) is -0.301. The van der Waals surface area contributed by atoms with Gasteiger partial charge in [0.1, 0.15) is 5.82 Å². The molecule has 0 bridgehead atoms. The highest BCUT2D eigenvalue weighted by Crippen LogP contribution is 2.29. The van der Waals surface area contributed by atoms with Crippen molar-refractivity contribution in [3.05, 3.63) is 71.0 Å². The lowest BCUT2D eigenvalue weighted by molar-refractivity contribution is -0.137. The van der Waals surface area contributed by atoms with Crippen LogP contribution in [0.5, 0.6) is 0 Å². The minimum absolute atomic E-state index is 0.174. The van der Waals surface area contributed by atoms with E-state index in [9.17, 15) is 17.6 Å². The normalized spacial score (nSPS) is 13.2. The van der Waals surface area contributed by atoms with Crippen LogP contribution in [0.2, 0.25) is 0 Å². The Labute approximate surface area is 120 Å². The van der Waals surface area contributed by atoms with Crippen molar-refractivity contribution >= 4 is 0 Å². The number of benzene rings is 2. The molecule has 1 unspecified atom stereocenters. The molecule has 0 heterocycles. The molecule has 21 heavy (non-hydrogen) atoms. The van der Waals surface area contributed by atoms with Crippen molar-refractivity contribution in [2.75, 3.05) is 0 Å². The second-order valence-corrected chi connectivity index (χ2v) is 4.81. The summed E-state index contributed by atoms with van der Waals surface area (Å²) in [7, 11) is 0. The van der Waals surface area contributed by atoms with Gasteiger partial charge in [0.25, 0.3) is 0 Å². The number of alkyl halides is 3. The SMILES string of the molecule is CC(NCc1ccccc1F)c1ccc(C(F)(F)F)cc1. The zero-order chi connectivity index (χ0) is 15.5. The maximum absolute atomic E-state index is 13.5. The minimum atomic E-state index is -4.33. The van der Waals surface area contributed by atoms with Crippen LogP contribution >= 0.6 is 0 Å². The molecule has 1 N–H and O–H groups in total. The first kappa shape index (κ1) is 15.5. The highest BCUT2D eigenvalue weighted by Gasteiger charge is 2.30. The van der Waals surface area contributed by atoms with Crippen LogP contribution in [0.25, 0.3) is 0 Å². The Morgan fingerprint density at radius 2 is 1.62 bits per heavy atom. The van der Waals surface area contributed by atoms with Crippen molar-refractivity contribution < 1.29 is 17.6 Å². The zero-order valence-corrected chi connectivity index (χ0v) is 11.4. The summed E-state index contributed by atoms with van der Waals surface area (Å²) in [5, 5.41) is 3.09. The van der Waals surface area contributed by atoms with Crippen LogP contribution in [-0.4, -0.2) is 0 Å². The number of hydrogen-bond donors (Lipinski definition) is 1. The van der Waals surface area contributed by atoms with Crippen LogP contribution in [0, 0.1) is 5.82 Å². The van der Waals surface area contributed by atoms with Gasteiger partial charge < -0.3 is 5.32 Å². The summed E-state index contributed by atoms with van der Waals surface area (Å²) in [6.07, 6.45) is -4.33. The van der Waals surface area contributed by atoms with E-state index in [-0.39, 0.29) is 11.9 Å². The van der Waals surface area contributed by atoms with Crippen molar-refractivity contribution in [1.29, 1.82) is 0 Å². The third-order valence-corrected chi connectivity index (χ3v) is 3.29. The summed E-state index contributed by atoms with van der Waals surface area (Å²) >= 11 is 0. The van der Waals surface area contributed by atoms with Gasteiger partial charge in [-0.15, -0.1) is 0 Å². The van der Waals surface area contributed by atoms with E-state index in [2.05, 4.69) is 5.32 Å². The van der Waals surface area contributed by atoms with E-state index in [1.165, 1.54) is 18.2 Å². The second kappa shape index (κ2) is 6.26. The molecule has 0 aliphatic heterocycles. The monoisotopic (exact) mass is 297 g/mol. The van der Waals surface area contributed by atoms with E-state index in [4.69, 9.17) is 0 Å². The summed E-state index contributed by atoms with van der Waals surface area (Å²) in [6, 6.07) is 11.2. The highest BCUT2D eigenvalue weighted by molar-refractivity contribution is 5.26. The van der Waals surface area contributed by atoms with Gasteiger partial charge in [0.15, 0.2) is 0 Å². The first-order valence-electron chi connectivity index (χ1n) is 6.52. The highest BCUT2D eigenvalue weighted by atomic mass is 19.4. The quantitative estimate of drug-likeness (QED) is 0.807. The largest absolute Gasteiger partial charge is 0.416 e. The van der Waals surface area contributed by atoms with E-state index in [0.717, 1.165) is 17.7 Å². The molecule has 0 aromatic heterocycles. The summed E-state index contributed by atoms with van der Waals surface area (Å²) in [6.45, 7) is 2.14. The molecule has 1 nitrogen and oxygen atoms in total. The smallest absolute Gasteiger partial charge is 0.306 e. The molecule has 1 atom stereocenters. The zero-order valence-electron chi connectivity index (χ0n) is 11.4. The lowest BCUT2D eigenvalue weighted by Gasteiger charge is -2.15. The lowest BCUT2D eigenvalue weighted by Crippen LogP contribution is -2.19. The molecule has 0 saturated carbocycles. The van der Waals surface area contributed by atoms with Crippen molar-refractivity contribution in [2.24, 2.45) is 0 Å². The van der Waals surface area contributed by atoms with Crippen molar-refractivity contribution in [3.63, 3.8) is 0 Å². The Bertz CT molecular complexity index is 590. The Morgan fingerprint density at radius 1 is 1.00 bits per heavy atom. The van der Waals surface area contributed by atoms with Crippen molar-refractivity contribution in [3.8, 4) is 0 Å². The maximum Gasteiger partial charge on any atom is 0.416 e. The predicted molar refractivity (Wildman–Crippen MR) is 73.1 cm³/mol. The fourth-order valence-corrected chi connectivity index (χ4v) is 1.98. The topological polar surface area (TPSA) is 12.0 Å². The molecule has 0 spiro atoms. The molecule has 2 aromatic carbocycles. The van der Waals surface area contributed by atoms with Crippen molar-refractivity contribution in [2.45, 2.75) is 25.7 Å². The van der Waals surface area contributed by atoms with E-state index >= 15 is 0 Å². The van der Waals surface area contributed by atoms with E-state index < -0.39 is 11.7 Å². The van der Waals surface area contributed by atoms with E-state index in [1.807, 2.05) is 6.92 Å². The summed E-state index contributed by atoms with van der Waals surface area (Å²) < 4.78 is 50.9. The van der Waals surface area contributed by atoms with Gasteiger partial charge in [-0.1, -0.05) is 30.3 Å². The van der Waals surface area contributed by atoms with Gasteiger partial charge >= 0.3 is 6.18 Å². The first-order valence-corrected chi connectivity index (χ1v) is 6.52. The number of nitrogens with one attached hydrogen (secondary N) is 1. The minimum Gasteiger partial charge on any atom is -0.306 e. The number of rotatable bonds is 4. The Hall–Kier alpha value is -1.88. The third-order valence-electron chi connectivity index (χ3n) is 3.29. The standard InChI is InChI=1S/C16H15F4N/c1-11(21-10-13-4-2-3-5-15(13)17)12-6-8-14(9-7-12)16(18,19)20/h2-9,11,21H,10H2,1H3. The molecule has 0 fully saturated rings. The molecule has 0 radical (unpaired) electrons. The average molecular weight is 297 g/mol.